The second-order valence-electron chi connectivity index (χ2n) is 3.78. The van der Waals surface area contributed by atoms with Crippen molar-refractivity contribution in [3.05, 3.63) is 0 Å². The average Bonchev–Trinajstić information content (AvgIpc) is 2.11. The minimum absolute atomic E-state index is 0.175. The summed E-state index contributed by atoms with van der Waals surface area (Å²) in [7, 11) is 0. The zero-order valence-electron chi connectivity index (χ0n) is 6.68. The van der Waals surface area contributed by atoms with Crippen molar-refractivity contribution in [1.29, 1.82) is 0 Å². The van der Waals surface area contributed by atoms with Gasteiger partial charge in [-0.2, -0.15) is 0 Å². The molecule has 0 aliphatic carbocycles. The first-order valence-electron chi connectivity index (χ1n) is 3.51. The van der Waals surface area contributed by atoms with Gasteiger partial charge >= 0.3 is 0 Å². The van der Waals surface area contributed by atoms with Gasteiger partial charge in [-0.1, -0.05) is 20.8 Å². The molecule has 1 rings (SSSR count). The number of rotatable bonds is 0. The van der Waals surface area contributed by atoms with Crippen LogP contribution in [0.1, 0.15) is 27.2 Å². The largest absolute Gasteiger partial charge is 0.495 e. The Kier molecular flexibility index (Phi) is 1.58. The Hall–Kier alpha value is -0.730. The van der Waals surface area contributed by atoms with Crippen molar-refractivity contribution in [2.75, 3.05) is 0 Å². The molecule has 1 aliphatic rings. The van der Waals surface area contributed by atoms with E-state index in [4.69, 9.17) is 5.11 Å². The normalized spacial score (nSPS) is 25.9. The van der Waals surface area contributed by atoms with E-state index >= 15 is 0 Å². The second kappa shape index (κ2) is 2.15. The van der Waals surface area contributed by atoms with E-state index in [1.807, 2.05) is 0 Å². The summed E-state index contributed by atoms with van der Waals surface area (Å²) in [4.78, 5) is 0. The third kappa shape index (κ3) is 1.40. The minimum Gasteiger partial charge on any atom is -0.495 e. The molecule has 2 N–H and O–H groups in total. The van der Waals surface area contributed by atoms with Crippen LogP contribution in [0.3, 0.4) is 0 Å². The first kappa shape index (κ1) is 7.38. The molecule has 3 nitrogen and oxygen atoms in total. The quantitative estimate of drug-likeness (QED) is 0.535. The fraction of sp³-hybridized carbons (Fsp3) is 0.857. The summed E-state index contributed by atoms with van der Waals surface area (Å²) in [5, 5.41) is 12.7. The fourth-order valence-corrected chi connectivity index (χ4v) is 0.926. The molecule has 10 heavy (non-hydrogen) atoms. The van der Waals surface area contributed by atoms with Gasteiger partial charge in [0.25, 0.3) is 0 Å². The number of hydrazone groups is 1. The van der Waals surface area contributed by atoms with E-state index in [-0.39, 0.29) is 17.4 Å². The van der Waals surface area contributed by atoms with Crippen LogP contribution < -0.4 is 5.43 Å². The molecule has 1 unspecified atom stereocenters. The maximum atomic E-state index is 8.95. The van der Waals surface area contributed by atoms with Gasteiger partial charge in [0.2, 0.25) is 5.90 Å². The van der Waals surface area contributed by atoms with Crippen LogP contribution in [0, 0.1) is 5.41 Å². The highest BCUT2D eigenvalue weighted by Crippen LogP contribution is 2.24. The molecule has 58 valence electrons. The van der Waals surface area contributed by atoms with E-state index in [2.05, 4.69) is 31.3 Å². The van der Waals surface area contributed by atoms with Crippen molar-refractivity contribution in [2.45, 2.75) is 33.2 Å². The summed E-state index contributed by atoms with van der Waals surface area (Å²) in [6.07, 6.45) is 0.656. The molecule has 1 aliphatic heterocycles. The molecule has 0 aromatic carbocycles. The summed E-state index contributed by atoms with van der Waals surface area (Å²) >= 11 is 0. The molecule has 1 atom stereocenters. The Morgan fingerprint density at radius 2 is 2.20 bits per heavy atom. The highest BCUT2D eigenvalue weighted by Gasteiger charge is 2.29. The SMILES string of the molecule is CC(C)(C)C1CC(O)=NN1. The Morgan fingerprint density at radius 1 is 1.60 bits per heavy atom. The van der Waals surface area contributed by atoms with E-state index in [0.29, 0.717) is 6.42 Å². The van der Waals surface area contributed by atoms with Crippen molar-refractivity contribution in [1.82, 2.24) is 5.43 Å². The van der Waals surface area contributed by atoms with Gasteiger partial charge in [0.1, 0.15) is 0 Å². The Labute approximate surface area is 61.1 Å². The molecule has 0 spiro atoms. The first-order valence-corrected chi connectivity index (χ1v) is 3.51. The summed E-state index contributed by atoms with van der Waals surface area (Å²) in [6.45, 7) is 6.37. The second-order valence-corrected chi connectivity index (χ2v) is 3.78. The van der Waals surface area contributed by atoms with E-state index in [1.165, 1.54) is 0 Å². The zero-order chi connectivity index (χ0) is 7.78. The molecule has 1 heterocycles. The third-order valence-electron chi connectivity index (χ3n) is 1.78. The molecular weight excluding hydrogens is 128 g/mol. The molecule has 0 aromatic heterocycles. The van der Waals surface area contributed by atoms with Gasteiger partial charge in [0.05, 0.1) is 6.04 Å². The van der Waals surface area contributed by atoms with Crippen molar-refractivity contribution < 1.29 is 5.11 Å². The van der Waals surface area contributed by atoms with E-state index in [9.17, 15) is 0 Å². The number of hydrogen-bond acceptors (Lipinski definition) is 2. The molecule has 0 saturated heterocycles. The van der Waals surface area contributed by atoms with Crippen LogP contribution in [0.15, 0.2) is 5.10 Å². The lowest BCUT2D eigenvalue weighted by atomic mass is 9.86. The molecule has 0 aromatic rings. The lowest BCUT2D eigenvalue weighted by Gasteiger charge is -2.25. The van der Waals surface area contributed by atoms with Gasteiger partial charge in [-0.25, -0.2) is 0 Å². The standard InChI is InChI=1S/C7H14N2O/c1-7(2,3)5-4-6(10)9-8-5/h5,8H,4H2,1-3H3,(H,9,10). The predicted octanol–water partition coefficient (Wildman–Crippen LogP) is 1.27. The molecule has 0 saturated carbocycles. The molecule has 0 amide bonds. The van der Waals surface area contributed by atoms with Gasteiger partial charge in [-0.05, 0) is 5.41 Å². The van der Waals surface area contributed by atoms with Crippen LogP contribution in [0.2, 0.25) is 0 Å². The number of aliphatic hydroxyl groups excluding tert-OH is 1. The third-order valence-corrected chi connectivity index (χ3v) is 1.78. The zero-order valence-corrected chi connectivity index (χ0v) is 6.68. The highest BCUT2D eigenvalue weighted by molar-refractivity contribution is 5.75. The fourth-order valence-electron chi connectivity index (χ4n) is 0.926. The number of nitrogens with zero attached hydrogens (tertiary/aromatic N) is 1. The average molecular weight is 142 g/mol. The van der Waals surface area contributed by atoms with E-state index < -0.39 is 0 Å². The lowest BCUT2D eigenvalue weighted by molar-refractivity contribution is 0.289. The van der Waals surface area contributed by atoms with E-state index in [1.54, 1.807) is 0 Å². The van der Waals surface area contributed by atoms with Crippen LogP contribution >= 0.6 is 0 Å². The maximum absolute atomic E-state index is 8.95. The lowest BCUT2D eigenvalue weighted by Crippen LogP contribution is -2.34. The monoisotopic (exact) mass is 142 g/mol. The summed E-state index contributed by atoms with van der Waals surface area (Å²) in [5.41, 5.74) is 3.06. The smallest absolute Gasteiger partial charge is 0.205 e. The van der Waals surface area contributed by atoms with Gasteiger partial charge in [0, 0.05) is 6.42 Å². The number of hydrogen-bond donors (Lipinski definition) is 2. The summed E-state index contributed by atoms with van der Waals surface area (Å²) in [6, 6.07) is 0.285. The molecule has 0 fully saturated rings. The number of nitrogens with one attached hydrogen (secondary N) is 1. The van der Waals surface area contributed by atoms with Crippen LogP contribution in [-0.2, 0) is 0 Å². The van der Waals surface area contributed by atoms with Crippen molar-refractivity contribution >= 4 is 5.90 Å². The molecule has 0 radical (unpaired) electrons. The van der Waals surface area contributed by atoms with Gasteiger partial charge in [-0.3, -0.25) is 0 Å². The topological polar surface area (TPSA) is 44.6 Å². The van der Waals surface area contributed by atoms with Crippen LogP contribution in [0.5, 0.6) is 0 Å². The molecule has 3 heteroatoms. The Bertz CT molecular complexity index is 157. The van der Waals surface area contributed by atoms with Crippen LogP contribution in [0.4, 0.5) is 0 Å². The Balaban J connectivity index is 2.50. The summed E-state index contributed by atoms with van der Waals surface area (Å²) in [5.74, 6) is 0.222. The van der Waals surface area contributed by atoms with Gasteiger partial charge in [0.15, 0.2) is 0 Å². The van der Waals surface area contributed by atoms with Crippen LogP contribution in [-0.4, -0.2) is 17.0 Å². The minimum atomic E-state index is 0.175. The van der Waals surface area contributed by atoms with Crippen molar-refractivity contribution in [3.63, 3.8) is 0 Å². The maximum Gasteiger partial charge on any atom is 0.205 e. The van der Waals surface area contributed by atoms with Crippen LogP contribution in [0.25, 0.3) is 0 Å². The van der Waals surface area contributed by atoms with Gasteiger partial charge in [-0.15, -0.1) is 5.10 Å². The number of aliphatic hydroxyl groups is 1. The predicted molar refractivity (Wildman–Crippen MR) is 41.1 cm³/mol. The first-order chi connectivity index (χ1) is 4.50. The van der Waals surface area contributed by atoms with E-state index in [0.717, 1.165) is 0 Å². The Morgan fingerprint density at radius 3 is 2.40 bits per heavy atom. The highest BCUT2D eigenvalue weighted by atomic mass is 16.3. The van der Waals surface area contributed by atoms with Gasteiger partial charge < -0.3 is 10.5 Å². The molecule has 0 bridgehead atoms. The molecular formula is C7H14N2O. The summed E-state index contributed by atoms with van der Waals surface area (Å²) < 4.78 is 0. The van der Waals surface area contributed by atoms with Crippen molar-refractivity contribution in [2.24, 2.45) is 10.5 Å². The van der Waals surface area contributed by atoms with Crippen molar-refractivity contribution in [3.8, 4) is 0 Å².